The summed E-state index contributed by atoms with van der Waals surface area (Å²) in [5.74, 6) is 0.0191. The van der Waals surface area contributed by atoms with Gasteiger partial charge < -0.3 is 14.5 Å². The van der Waals surface area contributed by atoms with Crippen LogP contribution in [-0.2, 0) is 17.9 Å². The van der Waals surface area contributed by atoms with Gasteiger partial charge in [0.2, 0.25) is 5.91 Å². The quantitative estimate of drug-likeness (QED) is 0.703. The van der Waals surface area contributed by atoms with Gasteiger partial charge in [0.25, 0.3) is 0 Å². The molecule has 2 aromatic heterocycles. The van der Waals surface area contributed by atoms with Crippen LogP contribution in [0, 0.1) is 0 Å². The minimum atomic E-state index is 0.0191. The lowest BCUT2D eigenvalue weighted by Gasteiger charge is -2.07. The normalized spacial score (nSPS) is 10.9. The zero-order valence-corrected chi connectivity index (χ0v) is 11.8. The minimum Gasteiger partial charge on any atom is -0.354 e. The van der Waals surface area contributed by atoms with Gasteiger partial charge in [-0.1, -0.05) is 12.1 Å². The van der Waals surface area contributed by atoms with Crippen LogP contribution in [0.25, 0.3) is 11.0 Å². The van der Waals surface area contributed by atoms with E-state index in [-0.39, 0.29) is 5.91 Å². The summed E-state index contributed by atoms with van der Waals surface area (Å²) >= 11 is 0. The summed E-state index contributed by atoms with van der Waals surface area (Å²) in [7, 11) is 0. The largest absolute Gasteiger partial charge is 0.354 e. The third-order valence-corrected chi connectivity index (χ3v) is 3.42. The van der Waals surface area contributed by atoms with Crippen LogP contribution in [0.2, 0.25) is 0 Å². The van der Waals surface area contributed by atoms with E-state index in [1.807, 2.05) is 53.4 Å². The summed E-state index contributed by atoms with van der Waals surface area (Å²) < 4.78 is 3.98. The summed E-state index contributed by atoms with van der Waals surface area (Å²) in [5, 5.41) is 2.95. The number of hydrogen-bond acceptors (Lipinski definition) is 2. The molecule has 0 saturated carbocycles. The van der Waals surface area contributed by atoms with Gasteiger partial charge in [-0.05, 0) is 30.7 Å². The number of para-hydroxylation sites is 2. The molecule has 5 heteroatoms. The first-order chi connectivity index (χ1) is 10.3. The van der Waals surface area contributed by atoms with Crippen LogP contribution in [-0.4, -0.2) is 26.6 Å². The highest BCUT2D eigenvalue weighted by molar-refractivity contribution is 5.80. The third kappa shape index (κ3) is 3.31. The van der Waals surface area contributed by atoms with Gasteiger partial charge in [0.15, 0.2) is 0 Å². The third-order valence-electron chi connectivity index (χ3n) is 3.42. The molecule has 0 spiro atoms. The predicted molar refractivity (Wildman–Crippen MR) is 81.8 cm³/mol. The molecule has 21 heavy (non-hydrogen) atoms. The van der Waals surface area contributed by atoms with E-state index in [2.05, 4.69) is 14.9 Å². The Morgan fingerprint density at radius 2 is 1.95 bits per heavy atom. The van der Waals surface area contributed by atoms with Crippen molar-refractivity contribution >= 4 is 16.9 Å². The van der Waals surface area contributed by atoms with Gasteiger partial charge in [0.05, 0.1) is 17.4 Å². The molecule has 3 aromatic rings. The highest BCUT2D eigenvalue weighted by Crippen LogP contribution is 2.11. The summed E-state index contributed by atoms with van der Waals surface area (Å²) in [6.45, 7) is 1.91. The van der Waals surface area contributed by atoms with Crippen molar-refractivity contribution in [3.8, 4) is 0 Å². The highest BCUT2D eigenvalue weighted by atomic mass is 16.1. The van der Waals surface area contributed by atoms with E-state index in [0.29, 0.717) is 13.1 Å². The summed E-state index contributed by atoms with van der Waals surface area (Å²) in [6, 6.07) is 11.8. The number of rotatable bonds is 6. The van der Waals surface area contributed by atoms with Gasteiger partial charge in [-0.2, -0.15) is 0 Å². The van der Waals surface area contributed by atoms with Crippen molar-refractivity contribution in [2.45, 2.75) is 19.5 Å². The van der Waals surface area contributed by atoms with Gasteiger partial charge in [-0.15, -0.1) is 0 Å². The lowest BCUT2D eigenvalue weighted by Crippen LogP contribution is -2.28. The molecule has 2 heterocycles. The molecule has 0 saturated heterocycles. The first-order valence-electron chi connectivity index (χ1n) is 7.10. The Morgan fingerprint density at radius 1 is 1.14 bits per heavy atom. The molecule has 1 aromatic carbocycles. The number of fused-ring (bicyclic) bond motifs is 1. The van der Waals surface area contributed by atoms with Crippen molar-refractivity contribution in [2.24, 2.45) is 0 Å². The number of amides is 1. The van der Waals surface area contributed by atoms with Gasteiger partial charge >= 0.3 is 0 Å². The lowest BCUT2D eigenvalue weighted by molar-refractivity contribution is -0.121. The fraction of sp³-hybridized carbons (Fsp3) is 0.250. The average molecular weight is 282 g/mol. The van der Waals surface area contributed by atoms with Gasteiger partial charge in [0, 0.05) is 25.5 Å². The SMILES string of the molecule is O=C(Cn1cnc2ccccc21)NCCCn1cccc1. The molecule has 0 aliphatic heterocycles. The maximum Gasteiger partial charge on any atom is 0.239 e. The van der Waals surface area contributed by atoms with Crippen LogP contribution in [0.15, 0.2) is 55.1 Å². The Balaban J connectivity index is 1.48. The van der Waals surface area contributed by atoms with Crippen LogP contribution >= 0.6 is 0 Å². The number of carbonyl (C=O) groups is 1. The number of nitrogens with one attached hydrogen (secondary N) is 1. The monoisotopic (exact) mass is 282 g/mol. The molecule has 0 unspecified atom stereocenters. The van der Waals surface area contributed by atoms with Crippen LogP contribution in [0.4, 0.5) is 0 Å². The van der Waals surface area contributed by atoms with E-state index in [1.54, 1.807) is 6.33 Å². The zero-order valence-electron chi connectivity index (χ0n) is 11.8. The fourth-order valence-corrected chi connectivity index (χ4v) is 2.36. The summed E-state index contributed by atoms with van der Waals surface area (Å²) in [5.41, 5.74) is 1.90. The van der Waals surface area contributed by atoms with E-state index >= 15 is 0 Å². The number of nitrogens with zero attached hydrogens (tertiary/aromatic N) is 3. The number of hydrogen-bond donors (Lipinski definition) is 1. The van der Waals surface area contributed by atoms with Crippen LogP contribution in [0.3, 0.4) is 0 Å². The zero-order chi connectivity index (χ0) is 14.5. The Kier molecular flexibility index (Phi) is 4.00. The first-order valence-corrected chi connectivity index (χ1v) is 7.10. The van der Waals surface area contributed by atoms with Crippen molar-refractivity contribution in [3.05, 3.63) is 55.1 Å². The Hall–Kier alpha value is -2.56. The Bertz CT molecular complexity index is 715. The highest BCUT2D eigenvalue weighted by Gasteiger charge is 2.06. The van der Waals surface area contributed by atoms with Crippen LogP contribution in [0.1, 0.15) is 6.42 Å². The molecule has 1 amide bonds. The molecule has 0 atom stereocenters. The molecule has 0 bridgehead atoms. The maximum absolute atomic E-state index is 11.9. The summed E-state index contributed by atoms with van der Waals surface area (Å²) in [6.07, 6.45) is 6.69. The number of carbonyl (C=O) groups excluding carboxylic acids is 1. The molecule has 0 aliphatic rings. The van der Waals surface area contributed by atoms with Crippen molar-refractivity contribution in [1.29, 1.82) is 0 Å². The average Bonchev–Trinajstić information content (AvgIpc) is 3.14. The molecule has 0 radical (unpaired) electrons. The minimum absolute atomic E-state index is 0.0191. The van der Waals surface area contributed by atoms with E-state index in [9.17, 15) is 4.79 Å². The van der Waals surface area contributed by atoms with E-state index in [1.165, 1.54) is 0 Å². The maximum atomic E-state index is 11.9. The van der Waals surface area contributed by atoms with Crippen molar-refractivity contribution in [2.75, 3.05) is 6.54 Å². The predicted octanol–water partition coefficient (Wildman–Crippen LogP) is 2.04. The van der Waals surface area contributed by atoms with E-state index in [0.717, 1.165) is 24.0 Å². The van der Waals surface area contributed by atoms with Crippen LogP contribution < -0.4 is 5.32 Å². The van der Waals surface area contributed by atoms with Gasteiger partial charge in [-0.25, -0.2) is 4.98 Å². The number of aryl methyl sites for hydroxylation is 1. The van der Waals surface area contributed by atoms with Gasteiger partial charge in [0.1, 0.15) is 6.54 Å². The van der Waals surface area contributed by atoms with Crippen molar-refractivity contribution in [1.82, 2.24) is 19.4 Å². The second kappa shape index (κ2) is 6.26. The van der Waals surface area contributed by atoms with E-state index in [4.69, 9.17) is 0 Å². The van der Waals surface area contributed by atoms with Gasteiger partial charge in [-0.3, -0.25) is 4.79 Å². The van der Waals surface area contributed by atoms with Crippen molar-refractivity contribution < 1.29 is 4.79 Å². The number of benzene rings is 1. The first kappa shape index (κ1) is 13.4. The fourth-order valence-electron chi connectivity index (χ4n) is 2.36. The standard InChI is InChI=1S/C16H18N4O/c21-16(17-8-5-11-19-9-3-4-10-19)12-20-13-18-14-6-1-2-7-15(14)20/h1-4,6-7,9-10,13H,5,8,11-12H2,(H,17,21). The van der Waals surface area contributed by atoms with E-state index < -0.39 is 0 Å². The molecule has 0 fully saturated rings. The summed E-state index contributed by atoms with van der Waals surface area (Å²) in [4.78, 5) is 16.2. The smallest absolute Gasteiger partial charge is 0.239 e. The Labute approximate surface area is 123 Å². The molecule has 0 aliphatic carbocycles. The Morgan fingerprint density at radius 3 is 2.81 bits per heavy atom. The molecule has 108 valence electrons. The molecular weight excluding hydrogens is 264 g/mol. The second-order valence-corrected chi connectivity index (χ2v) is 4.99. The van der Waals surface area contributed by atoms with Crippen molar-refractivity contribution in [3.63, 3.8) is 0 Å². The molecular formula is C16H18N4O. The number of aromatic nitrogens is 3. The lowest BCUT2D eigenvalue weighted by atomic mass is 10.3. The second-order valence-electron chi connectivity index (χ2n) is 4.99. The molecule has 5 nitrogen and oxygen atoms in total. The topological polar surface area (TPSA) is 51.9 Å². The molecule has 1 N–H and O–H groups in total. The molecule has 3 rings (SSSR count). The van der Waals surface area contributed by atoms with Crippen LogP contribution in [0.5, 0.6) is 0 Å². The number of imidazole rings is 1.